The van der Waals surface area contributed by atoms with Crippen molar-refractivity contribution >= 4 is 45.8 Å². The highest BCUT2D eigenvalue weighted by Crippen LogP contribution is 2.31. The van der Waals surface area contributed by atoms with E-state index in [2.05, 4.69) is 16.5 Å². The number of hydrogen-bond acceptors (Lipinski definition) is 1. The van der Waals surface area contributed by atoms with Crippen molar-refractivity contribution in [2.24, 2.45) is 11.8 Å². The van der Waals surface area contributed by atoms with E-state index in [1.165, 1.54) is 25.7 Å². The van der Waals surface area contributed by atoms with Crippen molar-refractivity contribution in [3.05, 3.63) is 26.3 Å². The second-order valence-corrected chi connectivity index (χ2v) is 7.84. The third-order valence-electron chi connectivity index (χ3n) is 4.62. The quantitative estimate of drug-likeness (QED) is 0.504. The van der Waals surface area contributed by atoms with Crippen LogP contribution in [0.2, 0.25) is 0 Å². The fourth-order valence-electron chi connectivity index (χ4n) is 3.51. The Morgan fingerprint density at radius 1 is 1.43 bits per heavy atom. The molecule has 1 aliphatic rings. The van der Waals surface area contributed by atoms with Crippen LogP contribution in [0.15, 0.2) is 12.1 Å². The lowest BCUT2D eigenvalue weighted by Crippen LogP contribution is -2.15. The molecule has 1 heterocycles. The molecule has 2 unspecified atom stereocenters. The Morgan fingerprint density at radius 3 is 3.00 bits per heavy atom. The van der Waals surface area contributed by atoms with E-state index in [4.69, 9.17) is 12.2 Å². The Balaban J connectivity index is 1.82. The predicted molar refractivity (Wildman–Crippen MR) is 95.5 cm³/mol. The van der Waals surface area contributed by atoms with E-state index in [-0.39, 0.29) is 5.82 Å². The van der Waals surface area contributed by atoms with Crippen molar-refractivity contribution in [1.82, 2.24) is 9.55 Å². The number of fused-ring (bicyclic) bond motifs is 1. The molecule has 114 valence electrons. The number of halogens is 2. The first-order valence-electron chi connectivity index (χ1n) is 7.62. The summed E-state index contributed by atoms with van der Waals surface area (Å²) in [5.41, 5.74) is 1.82. The average Bonchev–Trinajstić information content (AvgIpc) is 2.72. The summed E-state index contributed by atoms with van der Waals surface area (Å²) < 4.78 is 17.2. The smallest absolute Gasteiger partial charge is 0.178 e. The van der Waals surface area contributed by atoms with Crippen LogP contribution in [0.5, 0.6) is 0 Å². The predicted octanol–water partition coefficient (Wildman–Crippen LogP) is 5.66. The summed E-state index contributed by atoms with van der Waals surface area (Å²) in [7, 11) is 0. The maximum atomic E-state index is 13.8. The average molecular weight is 418 g/mol. The van der Waals surface area contributed by atoms with Gasteiger partial charge in [-0.25, -0.2) is 4.39 Å². The number of nitrogens with zero attached hydrogens (tertiary/aromatic N) is 1. The van der Waals surface area contributed by atoms with Crippen molar-refractivity contribution < 1.29 is 4.39 Å². The van der Waals surface area contributed by atoms with Crippen LogP contribution >= 0.6 is 34.8 Å². The topological polar surface area (TPSA) is 20.7 Å². The van der Waals surface area contributed by atoms with Crippen molar-refractivity contribution in [2.75, 3.05) is 0 Å². The summed E-state index contributed by atoms with van der Waals surface area (Å²) in [5.74, 6) is 1.46. The molecule has 5 heteroatoms. The first-order chi connectivity index (χ1) is 10.0. The van der Waals surface area contributed by atoms with Gasteiger partial charge in [0, 0.05) is 12.6 Å². The number of nitrogens with one attached hydrogen (secondary N) is 1. The summed E-state index contributed by atoms with van der Waals surface area (Å²) in [6.07, 6.45) is 6.50. The fraction of sp³-hybridized carbons (Fsp3) is 0.562. The van der Waals surface area contributed by atoms with E-state index in [1.807, 2.05) is 28.7 Å². The lowest BCUT2D eigenvalue weighted by molar-refractivity contribution is 0.261. The molecule has 3 rings (SSSR count). The number of rotatable bonds is 3. The van der Waals surface area contributed by atoms with Crippen LogP contribution < -0.4 is 0 Å². The van der Waals surface area contributed by atoms with E-state index in [1.54, 1.807) is 6.07 Å². The highest BCUT2D eigenvalue weighted by atomic mass is 127. The van der Waals surface area contributed by atoms with E-state index in [9.17, 15) is 4.39 Å². The van der Waals surface area contributed by atoms with E-state index in [0.29, 0.717) is 8.34 Å². The van der Waals surface area contributed by atoms with Gasteiger partial charge in [-0.3, -0.25) is 0 Å². The van der Waals surface area contributed by atoms with Crippen LogP contribution in [-0.4, -0.2) is 9.55 Å². The summed E-state index contributed by atoms with van der Waals surface area (Å²) >= 11 is 7.43. The Morgan fingerprint density at radius 2 is 2.24 bits per heavy atom. The minimum atomic E-state index is -0.169. The minimum Gasteiger partial charge on any atom is -0.331 e. The third-order valence-corrected chi connectivity index (χ3v) is 5.77. The summed E-state index contributed by atoms with van der Waals surface area (Å²) in [6.45, 7) is 3.23. The zero-order valence-electron chi connectivity index (χ0n) is 12.2. The molecule has 1 fully saturated rings. The Hall–Kier alpha value is -0.430. The van der Waals surface area contributed by atoms with Gasteiger partial charge >= 0.3 is 0 Å². The molecule has 21 heavy (non-hydrogen) atoms. The van der Waals surface area contributed by atoms with Gasteiger partial charge in [-0.05, 0) is 65.6 Å². The normalized spacial score (nSPS) is 22.8. The number of H-pyrrole nitrogens is 1. The first kappa shape index (κ1) is 15.5. The van der Waals surface area contributed by atoms with Crippen molar-refractivity contribution in [1.29, 1.82) is 0 Å². The molecule has 2 atom stereocenters. The zero-order chi connectivity index (χ0) is 15.0. The van der Waals surface area contributed by atoms with Crippen LogP contribution in [0.3, 0.4) is 0 Å². The van der Waals surface area contributed by atoms with Gasteiger partial charge in [0.05, 0.1) is 14.6 Å². The molecule has 1 saturated carbocycles. The van der Waals surface area contributed by atoms with E-state index < -0.39 is 0 Å². The lowest BCUT2D eigenvalue weighted by atomic mass is 9.81. The first-order valence-corrected chi connectivity index (χ1v) is 9.11. The molecule has 0 amide bonds. The van der Waals surface area contributed by atoms with Gasteiger partial charge in [-0.15, -0.1) is 0 Å². The van der Waals surface area contributed by atoms with Gasteiger partial charge in [0.1, 0.15) is 5.82 Å². The Labute approximate surface area is 143 Å². The maximum absolute atomic E-state index is 13.8. The largest absolute Gasteiger partial charge is 0.331 e. The molecule has 1 N–H and O–H groups in total. The number of imidazole rings is 1. The van der Waals surface area contributed by atoms with E-state index in [0.717, 1.165) is 35.8 Å². The lowest BCUT2D eigenvalue weighted by Gasteiger charge is -2.26. The van der Waals surface area contributed by atoms with Gasteiger partial charge in [0.2, 0.25) is 0 Å². The third kappa shape index (κ3) is 3.33. The molecule has 2 nitrogen and oxygen atoms in total. The Bertz CT molecular complexity index is 706. The van der Waals surface area contributed by atoms with Gasteiger partial charge in [-0.2, -0.15) is 0 Å². The van der Waals surface area contributed by atoms with Gasteiger partial charge in [0.15, 0.2) is 4.77 Å². The number of benzene rings is 1. The highest BCUT2D eigenvalue weighted by molar-refractivity contribution is 14.1. The maximum Gasteiger partial charge on any atom is 0.178 e. The molecule has 0 saturated heterocycles. The van der Waals surface area contributed by atoms with E-state index >= 15 is 0 Å². The standard InChI is InChI=1S/C16H20FIN2S/c1-10-3-2-4-11(7-10)5-6-20-15-8-12(17)13(18)9-14(15)19-16(20)21/h8-11H,2-7H2,1H3,(H,19,21). The second kappa shape index (κ2) is 6.36. The number of hydrogen-bond donors (Lipinski definition) is 1. The monoisotopic (exact) mass is 418 g/mol. The number of aromatic nitrogens is 2. The number of aryl methyl sites for hydroxylation is 1. The molecule has 1 aromatic carbocycles. The Kier molecular flexibility index (Phi) is 4.69. The molecule has 0 bridgehead atoms. The summed E-state index contributed by atoms with van der Waals surface area (Å²) in [5, 5.41) is 0. The molecular weight excluding hydrogens is 398 g/mol. The zero-order valence-corrected chi connectivity index (χ0v) is 15.1. The van der Waals surface area contributed by atoms with Crippen LogP contribution in [0.1, 0.15) is 39.0 Å². The van der Waals surface area contributed by atoms with Crippen molar-refractivity contribution in [3.63, 3.8) is 0 Å². The van der Waals surface area contributed by atoms with Gasteiger partial charge in [0.25, 0.3) is 0 Å². The molecule has 0 spiro atoms. The van der Waals surface area contributed by atoms with Crippen LogP contribution in [-0.2, 0) is 6.54 Å². The summed E-state index contributed by atoms with van der Waals surface area (Å²) in [6, 6.07) is 3.44. The SMILES string of the molecule is CC1CCCC(CCn2c(=S)[nH]c3cc(I)c(F)cc32)C1. The molecule has 0 radical (unpaired) electrons. The highest BCUT2D eigenvalue weighted by Gasteiger charge is 2.19. The minimum absolute atomic E-state index is 0.169. The molecular formula is C16H20FIN2S. The fourth-order valence-corrected chi connectivity index (χ4v) is 4.27. The van der Waals surface area contributed by atoms with Crippen LogP contribution in [0.25, 0.3) is 11.0 Å². The second-order valence-electron chi connectivity index (χ2n) is 6.29. The molecule has 0 aliphatic heterocycles. The van der Waals surface area contributed by atoms with Gasteiger partial charge in [-0.1, -0.05) is 26.2 Å². The number of aromatic amines is 1. The van der Waals surface area contributed by atoms with Crippen molar-refractivity contribution in [2.45, 2.75) is 45.6 Å². The molecule has 1 aliphatic carbocycles. The van der Waals surface area contributed by atoms with Gasteiger partial charge < -0.3 is 9.55 Å². The van der Waals surface area contributed by atoms with Crippen LogP contribution in [0.4, 0.5) is 4.39 Å². The summed E-state index contributed by atoms with van der Waals surface area (Å²) in [4.78, 5) is 3.20. The molecule has 1 aromatic heterocycles. The van der Waals surface area contributed by atoms with Crippen LogP contribution in [0, 0.1) is 26.0 Å². The van der Waals surface area contributed by atoms with Crippen molar-refractivity contribution in [3.8, 4) is 0 Å². The molecule has 2 aromatic rings.